The van der Waals surface area contributed by atoms with E-state index >= 15 is 0 Å². The lowest BCUT2D eigenvalue weighted by Crippen LogP contribution is -2.29. The molecule has 2 aromatic carbocycles. The fourth-order valence-electron chi connectivity index (χ4n) is 4.19. The van der Waals surface area contributed by atoms with Crippen molar-refractivity contribution in [2.24, 2.45) is 5.92 Å². The molecule has 0 bridgehead atoms. The molecule has 0 spiro atoms. The third-order valence-corrected chi connectivity index (χ3v) is 7.08. The fraction of sp³-hybridized carbons (Fsp3) is 0.280. The van der Waals surface area contributed by atoms with Gasteiger partial charge in [-0.15, -0.1) is 10.2 Å². The molecule has 3 heterocycles. The summed E-state index contributed by atoms with van der Waals surface area (Å²) >= 11 is 7.64. The number of halogens is 1. The van der Waals surface area contributed by atoms with Gasteiger partial charge in [-0.2, -0.15) is 0 Å². The standard InChI is InChI=1S/C25H22ClN3O3S/c1-12(2)8-19-27-28-25(33-19)29-21(15-6-5-7-16(26)11-15)20-22(30)17-9-13(3)14(4)10-18(17)32-23(20)24(29)31/h5-7,9-12,21H,8H2,1-4H3/t21-/m0/s1. The molecule has 4 aromatic rings. The second-order valence-corrected chi connectivity index (χ2v) is 10.3. The van der Waals surface area contributed by atoms with Crippen molar-refractivity contribution >= 4 is 44.9 Å². The minimum absolute atomic E-state index is 0.0429. The van der Waals surface area contributed by atoms with Crippen LogP contribution in [-0.2, 0) is 6.42 Å². The molecule has 8 heteroatoms. The number of carbonyl (C=O) groups excluding carboxylic acids is 1. The van der Waals surface area contributed by atoms with E-state index in [2.05, 4.69) is 24.0 Å². The van der Waals surface area contributed by atoms with Crippen LogP contribution in [-0.4, -0.2) is 16.1 Å². The molecule has 5 rings (SSSR count). The lowest BCUT2D eigenvalue weighted by Gasteiger charge is -2.22. The van der Waals surface area contributed by atoms with E-state index in [1.807, 2.05) is 32.0 Å². The first-order valence-electron chi connectivity index (χ1n) is 10.7. The Kier molecular flexibility index (Phi) is 5.34. The van der Waals surface area contributed by atoms with Gasteiger partial charge in [0, 0.05) is 11.4 Å². The first-order valence-corrected chi connectivity index (χ1v) is 11.9. The number of hydrogen-bond donors (Lipinski definition) is 0. The molecule has 0 fully saturated rings. The average Bonchev–Trinajstić information content (AvgIpc) is 3.31. The van der Waals surface area contributed by atoms with Gasteiger partial charge in [0.05, 0.1) is 17.0 Å². The maximum atomic E-state index is 13.7. The van der Waals surface area contributed by atoms with Crippen molar-refractivity contribution in [3.05, 3.63) is 84.7 Å². The molecule has 1 aliphatic heterocycles. The number of benzene rings is 2. The van der Waals surface area contributed by atoms with Crippen molar-refractivity contribution in [1.82, 2.24) is 10.2 Å². The molecule has 1 amide bonds. The number of aromatic nitrogens is 2. The molecule has 33 heavy (non-hydrogen) atoms. The quantitative estimate of drug-likeness (QED) is 0.366. The van der Waals surface area contributed by atoms with Crippen LogP contribution in [0.4, 0.5) is 5.13 Å². The first-order chi connectivity index (χ1) is 15.7. The maximum absolute atomic E-state index is 13.7. The first kappa shape index (κ1) is 21.8. The van der Waals surface area contributed by atoms with Gasteiger partial charge in [0.2, 0.25) is 10.9 Å². The Morgan fingerprint density at radius 3 is 2.61 bits per heavy atom. The summed E-state index contributed by atoms with van der Waals surface area (Å²) in [5.74, 6) is 0.0433. The van der Waals surface area contributed by atoms with Gasteiger partial charge in [0.15, 0.2) is 5.43 Å². The summed E-state index contributed by atoms with van der Waals surface area (Å²) in [4.78, 5) is 28.9. The van der Waals surface area contributed by atoms with Gasteiger partial charge in [0.1, 0.15) is 10.6 Å². The summed E-state index contributed by atoms with van der Waals surface area (Å²) in [7, 11) is 0. The lowest BCUT2D eigenvalue weighted by molar-refractivity contribution is 0.0970. The smallest absolute Gasteiger partial charge is 0.297 e. The predicted molar refractivity (Wildman–Crippen MR) is 131 cm³/mol. The van der Waals surface area contributed by atoms with Crippen LogP contribution in [0.2, 0.25) is 5.02 Å². The number of carbonyl (C=O) groups is 1. The molecule has 0 aliphatic carbocycles. The monoisotopic (exact) mass is 479 g/mol. The zero-order valence-corrected chi connectivity index (χ0v) is 20.3. The van der Waals surface area contributed by atoms with E-state index in [4.69, 9.17) is 16.0 Å². The normalized spacial score (nSPS) is 15.6. The van der Waals surface area contributed by atoms with Gasteiger partial charge in [-0.05, 0) is 60.7 Å². The van der Waals surface area contributed by atoms with E-state index in [0.717, 1.165) is 22.6 Å². The molecule has 0 N–H and O–H groups in total. The molecule has 2 aromatic heterocycles. The molecule has 6 nitrogen and oxygen atoms in total. The summed E-state index contributed by atoms with van der Waals surface area (Å²) in [6.45, 7) is 8.10. The van der Waals surface area contributed by atoms with Crippen molar-refractivity contribution in [3.8, 4) is 0 Å². The van der Waals surface area contributed by atoms with Crippen LogP contribution in [0.1, 0.15) is 57.7 Å². The molecular weight excluding hydrogens is 458 g/mol. The van der Waals surface area contributed by atoms with Crippen molar-refractivity contribution in [2.75, 3.05) is 4.90 Å². The van der Waals surface area contributed by atoms with Crippen LogP contribution >= 0.6 is 22.9 Å². The third-order valence-electron chi connectivity index (χ3n) is 5.90. The van der Waals surface area contributed by atoms with E-state index < -0.39 is 11.9 Å². The highest BCUT2D eigenvalue weighted by Gasteiger charge is 2.45. The largest absolute Gasteiger partial charge is 0.450 e. The van der Waals surface area contributed by atoms with Crippen LogP contribution in [0.5, 0.6) is 0 Å². The Hall–Kier alpha value is -3.03. The second-order valence-electron chi connectivity index (χ2n) is 8.82. The van der Waals surface area contributed by atoms with E-state index in [-0.39, 0.29) is 11.2 Å². The molecule has 1 atom stereocenters. The van der Waals surface area contributed by atoms with Crippen molar-refractivity contribution in [2.45, 2.75) is 40.2 Å². The van der Waals surface area contributed by atoms with Crippen LogP contribution in [0.15, 0.2) is 45.6 Å². The molecule has 0 unspecified atom stereocenters. The van der Waals surface area contributed by atoms with E-state index in [0.29, 0.717) is 38.2 Å². The zero-order chi connectivity index (χ0) is 23.4. The minimum atomic E-state index is -0.701. The lowest BCUT2D eigenvalue weighted by atomic mass is 9.97. The van der Waals surface area contributed by atoms with Crippen molar-refractivity contribution < 1.29 is 9.21 Å². The van der Waals surface area contributed by atoms with E-state index in [1.165, 1.54) is 16.2 Å². The van der Waals surface area contributed by atoms with Crippen LogP contribution in [0.3, 0.4) is 0 Å². The fourth-order valence-corrected chi connectivity index (χ4v) is 5.47. The summed E-state index contributed by atoms with van der Waals surface area (Å²) in [6.07, 6.45) is 0.758. The van der Waals surface area contributed by atoms with Crippen LogP contribution < -0.4 is 10.3 Å². The summed E-state index contributed by atoms with van der Waals surface area (Å²) < 4.78 is 6.07. The third kappa shape index (κ3) is 3.65. The van der Waals surface area contributed by atoms with Gasteiger partial charge in [0.25, 0.3) is 5.91 Å². The highest BCUT2D eigenvalue weighted by molar-refractivity contribution is 7.15. The molecule has 0 saturated heterocycles. The molecule has 0 saturated carbocycles. The Labute approximate surface area is 199 Å². The number of rotatable bonds is 4. The van der Waals surface area contributed by atoms with Crippen LogP contribution in [0, 0.1) is 19.8 Å². The number of amides is 1. The molecular formula is C25H22ClN3O3S. The van der Waals surface area contributed by atoms with Crippen molar-refractivity contribution in [3.63, 3.8) is 0 Å². The highest BCUT2D eigenvalue weighted by atomic mass is 35.5. The highest BCUT2D eigenvalue weighted by Crippen LogP contribution is 2.42. The summed E-state index contributed by atoms with van der Waals surface area (Å²) in [6, 6.07) is 10.1. The SMILES string of the molecule is Cc1cc2oc3c(c(=O)c2cc1C)[C@H](c1cccc(Cl)c1)N(c1nnc(CC(C)C)s1)C3=O. The van der Waals surface area contributed by atoms with Gasteiger partial charge in [-0.25, -0.2) is 0 Å². The minimum Gasteiger partial charge on any atom is -0.450 e. The zero-order valence-electron chi connectivity index (χ0n) is 18.7. The number of hydrogen-bond acceptors (Lipinski definition) is 6. The Morgan fingerprint density at radius 1 is 1.12 bits per heavy atom. The Morgan fingerprint density at radius 2 is 1.88 bits per heavy atom. The van der Waals surface area contributed by atoms with Crippen LogP contribution in [0.25, 0.3) is 11.0 Å². The summed E-state index contributed by atoms with van der Waals surface area (Å²) in [5, 5.41) is 10.8. The average molecular weight is 480 g/mol. The topological polar surface area (TPSA) is 76.3 Å². The van der Waals surface area contributed by atoms with Gasteiger partial charge in [-0.3, -0.25) is 14.5 Å². The maximum Gasteiger partial charge on any atom is 0.297 e. The Balaban J connectivity index is 1.76. The number of anilines is 1. The van der Waals surface area contributed by atoms with Gasteiger partial charge < -0.3 is 4.42 Å². The Bertz CT molecular complexity index is 1470. The van der Waals surface area contributed by atoms with Crippen molar-refractivity contribution in [1.29, 1.82) is 0 Å². The van der Waals surface area contributed by atoms with Gasteiger partial charge >= 0.3 is 0 Å². The number of aryl methyl sites for hydroxylation is 2. The molecule has 1 aliphatic rings. The number of fused-ring (bicyclic) bond motifs is 2. The predicted octanol–water partition coefficient (Wildman–Crippen LogP) is 5.86. The van der Waals surface area contributed by atoms with E-state index in [1.54, 1.807) is 18.2 Å². The number of nitrogens with zero attached hydrogens (tertiary/aromatic N) is 3. The van der Waals surface area contributed by atoms with Gasteiger partial charge in [-0.1, -0.05) is 48.9 Å². The second kappa shape index (κ2) is 8.08. The molecule has 168 valence electrons. The summed E-state index contributed by atoms with van der Waals surface area (Å²) in [5.41, 5.74) is 3.17. The molecule has 0 radical (unpaired) electrons. The van der Waals surface area contributed by atoms with E-state index in [9.17, 15) is 9.59 Å².